The smallest absolute Gasteiger partial charge is 0.216 e. The summed E-state index contributed by atoms with van der Waals surface area (Å²) in [6, 6.07) is 55.9. The fourth-order valence-electron chi connectivity index (χ4n) is 11.5. The fourth-order valence-corrected chi connectivity index (χ4v) is 11.5. The van der Waals surface area contributed by atoms with Gasteiger partial charge in [-0.2, -0.15) is 0 Å². The van der Waals surface area contributed by atoms with E-state index in [1.165, 1.54) is 55.1 Å². The highest BCUT2D eigenvalue weighted by Crippen LogP contribution is 2.37. The predicted molar refractivity (Wildman–Crippen MR) is 342 cm³/mol. The summed E-state index contributed by atoms with van der Waals surface area (Å²) in [4.78, 5) is 9.71. The van der Waals surface area contributed by atoms with Crippen LogP contribution >= 0.6 is 0 Å². The molecule has 0 unspecified atom stereocenters. The average molecular weight is 1080 g/mol. The summed E-state index contributed by atoms with van der Waals surface area (Å²) in [5, 5.41) is 9.00. The summed E-state index contributed by atoms with van der Waals surface area (Å²) >= 11 is 0. The van der Waals surface area contributed by atoms with Gasteiger partial charge in [0.1, 0.15) is 65.3 Å². The maximum absolute atomic E-state index is 7.64. The normalized spacial score (nSPS) is 11.9. The van der Waals surface area contributed by atoms with E-state index in [4.69, 9.17) is 27.3 Å². The molecule has 0 aliphatic carbocycles. The minimum absolute atomic E-state index is 0. The van der Waals surface area contributed by atoms with E-state index in [2.05, 4.69) is 198 Å². The van der Waals surface area contributed by atoms with Gasteiger partial charge in [0, 0.05) is 37.0 Å². The molecule has 7 aromatic carbocycles. The first-order chi connectivity index (χ1) is 39.4. The second-order valence-electron chi connectivity index (χ2n) is 21.3. The van der Waals surface area contributed by atoms with E-state index in [0.29, 0.717) is 5.56 Å². The Bertz CT molecular complexity index is 5110. The molecule has 0 bridgehead atoms. The zero-order chi connectivity index (χ0) is 56.9. The van der Waals surface area contributed by atoms with E-state index in [1.807, 2.05) is 49.0 Å². The van der Waals surface area contributed by atoms with Crippen molar-refractivity contribution in [1.29, 1.82) is 0 Å². The van der Waals surface area contributed by atoms with Gasteiger partial charge >= 0.3 is 0 Å². The number of aryl methyl sites for hydroxylation is 10. The van der Waals surface area contributed by atoms with Crippen molar-refractivity contribution in [3.05, 3.63) is 221 Å². The highest BCUT2D eigenvalue weighted by Gasteiger charge is 2.23. The Morgan fingerprint density at radius 2 is 0.793 bits per heavy atom. The van der Waals surface area contributed by atoms with Crippen molar-refractivity contribution in [3.63, 3.8) is 0 Å². The van der Waals surface area contributed by atoms with Gasteiger partial charge < -0.3 is 13.3 Å². The standard InChI is InChI=1S/2C24H21N2O.C23H18NO.3CH4/c2*1-14-5-7-18(16(3)9-14)21-12-22-19(13-26(21)4)24-23(27-22)11-17-10-15(2)6-8-20(17)25-24;1-15-7-3-5-9-17(15)20-13-22-19(14-24(20)2)23-18-10-6-4-8-16(18)11-12-21(23)25-22;;;/h2*5-13H,1-4H3;3-14H,1-2H3;3*1H4/q3*+1;;;/i1D3;;;;;. The van der Waals surface area contributed by atoms with E-state index in [0.717, 1.165) is 111 Å². The van der Waals surface area contributed by atoms with Crippen LogP contribution in [0.1, 0.15) is 65.3 Å². The molecule has 0 aliphatic heterocycles. The van der Waals surface area contributed by atoms with E-state index in [1.54, 1.807) is 12.1 Å². The molecule has 0 radical (unpaired) electrons. The maximum Gasteiger partial charge on any atom is 0.216 e. The van der Waals surface area contributed by atoms with Gasteiger partial charge in [0.25, 0.3) is 0 Å². The second-order valence-corrected chi connectivity index (χ2v) is 21.3. The molecule has 0 amide bonds. The first-order valence-electron chi connectivity index (χ1n) is 28.2. The SMILES string of the molecule is C.C.C.Cc1ccc(-c2cc3oc4cc5cc(C)ccc5nc4c3c[n+]2C)c(C)c1.Cc1ccccc1-c1cc2oc3ccc4ccccc4c3c2c[n+]1C.[2H]C([2H])([2H])c1ccc(-c2cc3oc4cc5cc(C)ccc5nc4c3c[n+]2C)c(C)c1. The number of pyridine rings is 5. The molecule has 8 heteroatoms. The van der Waals surface area contributed by atoms with Gasteiger partial charge in [-0.05, 0) is 137 Å². The number of hydrogen-bond acceptors (Lipinski definition) is 5. The van der Waals surface area contributed by atoms with Crippen molar-refractivity contribution in [2.45, 2.75) is 70.7 Å². The second kappa shape index (κ2) is 21.8. The van der Waals surface area contributed by atoms with Crippen LogP contribution in [0.2, 0.25) is 0 Å². The van der Waals surface area contributed by atoms with Crippen molar-refractivity contribution < 1.29 is 31.1 Å². The molecule has 0 saturated carbocycles. The summed E-state index contributed by atoms with van der Waals surface area (Å²) in [5.41, 5.74) is 23.0. The molecule has 0 atom stereocenters. The topological polar surface area (TPSA) is 76.8 Å². The Morgan fingerprint density at radius 3 is 1.33 bits per heavy atom. The average Bonchev–Trinajstić information content (AvgIpc) is 2.49. The van der Waals surface area contributed by atoms with Crippen molar-refractivity contribution in [2.24, 2.45) is 21.1 Å². The number of nitrogens with zero attached hydrogens (tertiary/aromatic N) is 5. The molecule has 408 valence electrons. The van der Waals surface area contributed by atoms with Crippen LogP contribution in [0, 0.1) is 48.4 Å². The Labute approximate surface area is 484 Å². The summed E-state index contributed by atoms with van der Waals surface area (Å²) < 4.78 is 47.9. The molecular weight excluding hydrogens is 1010 g/mol. The first-order valence-corrected chi connectivity index (χ1v) is 26.7. The molecule has 15 rings (SSSR count). The van der Waals surface area contributed by atoms with Gasteiger partial charge in [0.15, 0.2) is 29.8 Å². The maximum atomic E-state index is 7.64. The zero-order valence-electron chi connectivity index (χ0n) is 48.8. The molecule has 0 saturated heterocycles. The Morgan fingerprint density at radius 1 is 0.354 bits per heavy atom. The minimum atomic E-state index is -2.11. The number of aromatic nitrogens is 5. The molecule has 8 heterocycles. The zero-order valence-corrected chi connectivity index (χ0v) is 45.8. The monoisotopic (exact) mass is 1080 g/mol. The Balaban J connectivity index is 0.000000140. The van der Waals surface area contributed by atoms with Crippen molar-refractivity contribution in [3.8, 4) is 33.8 Å². The van der Waals surface area contributed by atoms with Crippen LogP contribution in [0.5, 0.6) is 0 Å². The predicted octanol–water partition coefficient (Wildman–Crippen LogP) is 18.5. The third kappa shape index (κ3) is 9.89. The lowest BCUT2D eigenvalue weighted by molar-refractivity contribution is -0.659. The Hall–Kier alpha value is -9.53. The lowest BCUT2D eigenvalue weighted by Crippen LogP contribution is -2.30. The molecule has 8 aromatic heterocycles. The molecule has 15 aromatic rings. The van der Waals surface area contributed by atoms with Gasteiger partial charge in [-0.3, -0.25) is 0 Å². The van der Waals surface area contributed by atoms with Gasteiger partial charge in [-0.15, -0.1) is 0 Å². The van der Waals surface area contributed by atoms with Crippen LogP contribution in [-0.4, -0.2) is 9.97 Å². The Kier molecular flexibility index (Phi) is 13.8. The molecular formula is C74H72N5O3+3. The van der Waals surface area contributed by atoms with Crippen molar-refractivity contribution in [1.82, 2.24) is 9.97 Å². The van der Waals surface area contributed by atoms with Gasteiger partial charge in [0.2, 0.25) is 17.1 Å². The molecule has 0 aliphatic rings. The van der Waals surface area contributed by atoms with Crippen LogP contribution in [0.4, 0.5) is 0 Å². The van der Waals surface area contributed by atoms with E-state index < -0.39 is 6.85 Å². The van der Waals surface area contributed by atoms with Crippen LogP contribution < -0.4 is 13.7 Å². The minimum Gasteiger partial charge on any atom is -0.456 e. The molecule has 8 nitrogen and oxygen atoms in total. The number of hydrogen-bond donors (Lipinski definition) is 0. The van der Waals surface area contributed by atoms with Gasteiger partial charge in [-0.1, -0.05) is 129 Å². The first kappa shape index (κ1) is 51.9. The number of furan rings is 3. The van der Waals surface area contributed by atoms with Crippen molar-refractivity contribution >= 4 is 98.7 Å². The molecule has 0 fully saturated rings. The summed E-state index contributed by atoms with van der Waals surface area (Å²) in [6.07, 6.45) is 6.35. The summed E-state index contributed by atoms with van der Waals surface area (Å²) in [7, 11) is 6.16. The van der Waals surface area contributed by atoms with Crippen LogP contribution in [-0.2, 0) is 21.1 Å². The largest absolute Gasteiger partial charge is 0.456 e. The molecule has 0 N–H and O–H groups in total. The third-order valence-corrected chi connectivity index (χ3v) is 15.5. The van der Waals surface area contributed by atoms with Crippen molar-refractivity contribution in [2.75, 3.05) is 0 Å². The number of benzene rings is 7. The van der Waals surface area contributed by atoms with E-state index in [9.17, 15) is 0 Å². The van der Waals surface area contributed by atoms with Crippen LogP contribution in [0.15, 0.2) is 196 Å². The van der Waals surface area contributed by atoms with Crippen LogP contribution in [0.25, 0.3) is 132 Å². The fraction of sp³-hybridized carbons (Fsp3) is 0.176. The van der Waals surface area contributed by atoms with E-state index >= 15 is 0 Å². The highest BCUT2D eigenvalue weighted by atomic mass is 16.3. The molecule has 82 heavy (non-hydrogen) atoms. The number of fused-ring (bicyclic) bond motifs is 13. The lowest BCUT2D eigenvalue weighted by atomic mass is 10.0. The summed E-state index contributed by atoms with van der Waals surface area (Å²) in [6.45, 7) is 10.4. The van der Waals surface area contributed by atoms with Gasteiger partial charge in [-0.25, -0.2) is 23.7 Å². The molecule has 0 spiro atoms. The number of rotatable bonds is 3. The van der Waals surface area contributed by atoms with E-state index in [-0.39, 0.29) is 22.3 Å². The van der Waals surface area contributed by atoms with Crippen LogP contribution in [0.3, 0.4) is 0 Å². The van der Waals surface area contributed by atoms with Gasteiger partial charge in [0.05, 0.1) is 34.6 Å². The quantitative estimate of drug-likeness (QED) is 0.165. The third-order valence-electron chi connectivity index (χ3n) is 15.5. The highest BCUT2D eigenvalue weighted by molar-refractivity contribution is 6.18. The lowest BCUT2D eigenvalue weighted by Gasteiger charge is -2.05. The summed E-state index contributed by atoms with van der Waals surface area (Å²) in [5.74, 6) is 0.